The lowest BCUT2D eigenvalue weighted by Crippen LogP contribution is -2.39. The van der Waals surface area contributed by atoms with E-state index in [1.165, 1.54) is 6.08 Å². The fourth-order valence-electron chi connectivity index (χ4n) is 2.92. The van der Waals surface area contributed by atoms with Crippen molar-refractivity contribution in [3.05, 3.63) is 47.7 Å². The molecule has 106 valence electrons. The van der Waals surface area contributed by atoms with Gasteiger partial charge in [-0.2, -0.15) is 0 Å². The van der Waals surface area contributed by atoms with Gasteiger partial charge in [-0.25, -0.2) is 0 Å². The molecule has 0 saturated heterocycles. The van der Waals surface area contributed by atoms with E-state index in [0.29, 0.717) is 23.3 Å². The minimum Gasteiger partial charge on any atom is -0.398 e. The number of carbonyl (C=O) groups is 2. The highest BCUT2D eigenvalue weighted by atomic mass is 16.1. The number of nitrogens with two attached hydrogens (primary N) is 1. The molecule has 0 aromatic heterocycles. The van der Waals surface area contributed by atoms with Crippen molar-refractivity contribution in [2.24, 2.45) is 23.5 Å². The zero-order chi connectivity index (χ0) is 15.0. The minimum absolute atomic E-state index is 0.0206. The Morgan fingerprint density at radius 1 is 1.60 bits per heavy atom. The van der Waals surface area contributed by atoms with Gasteiger partial charge in [-0.1, -0.05) is 38.7 Å². The molecule has 0 aliphatic heterocycles. The molecule has 0 bridgehead atoms. The van der Waals surface area contributed by atoms with Crippen molar-refractivity contribution < 1.29 is 9.59 Å². The number of fused-ring (bicyclic) bond motifs is 1. The van der Waals surface area contributed by atoms with Crippen molar-refractivity contribution in [1.29, 1.82) is 0 Å². The summed E-state index contributed by atoms with van der Waals surface area (Å²) in [6, 6.07) is 0. The maximum atomic E-state index is 12.6. The zero-order valence-electron chi connectivity index (χ0n) is 12.1. The predicted octanol–water partition coefficient (Wildman–Crippen LogP) is 2.70. The molecule has 0 radical (unpaired) electrons. The van der Waals surface area contributed by atoms with E-state index in [1.807, 2.05) is 13.8 Å². The van der Waals surface area contributed by atoms with E-state index in [9.17, 15) is 9.59 Å². The number of allylic oxidation sites excluding steroid dienone is 5. The van der Waals surface area contributed by atoms with E-state index in [-0.39, 0.29) is 29.3 Å². The van der Waals surface area contributed by atoms with Crippen molar-refractivity contribution in [2.75, 3.05) is 0 Å². The first-order valence-electron chi connectivity index (χ1n) is 7.02. The highest BCUT2D eigenvalue weighted by molar-refractivity contribution is 6.07. The van der Waals surface area contributed by atoms with Gasteiger partial charge in [-0.3, -0.25) is 9.59 Å². The van der Waals surface area contributed by atoms with Crippen molar-refractivity contribution >= 4 is 11.6 Å². The first kappa shape index (κ1) is 14.5. The van der Waals surface area contributed by atoms with Crippen LogP contribution in [0.3, 0.4) is 0 Å². The van der Waals surface area contributed by atoms with Crippen LogP contribution in [0.2, 0.25) is 0 Å². The molecule has 0 aromatic rings. The fraction of sp³-hybridized carbons (Fsp3) is 0.412. The average molecular weight is 271 g/mol. The van der Waals surface area contributed by atoms with Gasteiger partial charge in [-0.05, 0) is 18.9 Å². The largest absolute Gasteiger partial charge is 0.398 e. The van der Waals surface area contributed by atoms with Gasteiger partial charge >= 0.3 is 0 Å². The van der Waals surface area contributed by atoms with Gasteiger partial charge in [-0.15, -0.1) is 0 Å². The predicted molar refractivity (Wildman–Crippen MR) is 79.7 cm³/mol. The number of ketones is 2. The van der Waals surface area contributed by atoms with Crippen LogP contribution in [0.15, 0.2) is 47.7 Å². The molecule has 1 fully saturated rings. The summed E-state index contributed by atoms with van der Waals surface area (Å²) in [4.78, 5) is 24.9. The molecule has 0 heterocycles. The Hall–Kier alpha value is -1.90. The number of hydrogen-bond acceptors (Lipinski definition) is 3. The molecule has 2 aliphatic carbocycles. The van der Waals surface area contributed by atoms with Gasteiger partial charge in [0.15, 0.2) is 11.6 Å². The molecule has 0 amide bonds. The first-order valence-corrected chi connectivity index (χ1v) is 7.02. The number of carbonyl (C=O) groups excluding carboxylic acids is 2. The van der Waals surface area contributed by atoms with Crippen molar-refractivity contribution in [3.8, 4) is 0 Å². The van der Waals surface area contributed by atoms with Crippen LogP contribution in [0.25, 0.3) is 0 Å². The first-order chi connectivity index (χ1) is 9.42. The lowest BCUT2D eigenvalue weighted by Gasteiger charge is -2.39. The molecule has 2 aliphatic rings. The summed E-state index contributed by atoms with van der Waals surface area (Å²) in [6.45, 7) is 11.5. The SMILES string of the molecule is C=CC1=CC(N)=C(C(=O)[C@@H](C)CC)C2C(=C)CC2C1=O. The van der Waals surface area contributed by atoms with Gasteiger partial charge in [0.05, 0.1) is 0 Å². The molecule has 1 saturated carbocycles. The highest BCUT2D eigenvalue weighted by Gasteiger charge is 2.46. The molecule has 3 nitrogen and oxygen atoms in total. The maximum absolute atomic E-state index is 12.6. The topological polar surface area (TPSA) is 60.2 Å². The molecule has 2 unspecified atom stereocenters. The van der Waals surface area contributed by atoms with Crippen LogP contribution < -0.4 is 5.73 Å². The van der Waals surface area contributed by atoms with E-state index in [4.69, 9.17) is 5.73 Å². The number of Topliss-reactive ketones (excluding diaryl/α,β-unsaturated/α-hetero) is 2. The van der Waals surface area contributed by atoms with Crippen LogP contribution in [0.5, 0.6) is 0 Å². The Balaban J connectivity index is 2.53. The third-order valence-electron chi connectivity index (χ3n) is 4.42. The summed E-state index contributed by atoms with van der Waals surface area (Å²) < 4.78 is 0. The van der Waals surface area contributed by atoms with Gasteiger partial charge in [0.2, 0.25) is 0 Å². The normalized spacial score (nSPS) is 27.2. The monoisotopic (exact) mass is 271 g/mol. The van der Waals surface area contributed by atoms with Crippen LogP contribution in [0.4, 0.5) is 0 Å². The fourth-order valence-corrected chi connectivity index (χ4v) is 2.92. The van der Waals surface area contributed by atoms with Crippen LogP contribution in [0.1, 0.15) is 26.7 Å². The van der Waals surface area contributed by atoms with Crippen LogP contribution in [0, 0.1) is 17.8 Å². The van der Waals surface area contributed by atoms with E-state index in [1.54, 1.807) is 6.08 Å². The Labute approximate surface area is 119 Å². The average Bonchev–Trinajstić information content (AvgIpc) is 2.51. The van der Waals surface area contributed by atoms with E-state index >= 15 is 0 Å². The smallest absolute Gasteiger partial charge is 0.167 e. The number of rotatable bonds is 4. The summed E-state index contributed by atoms with van der Waals surface area (Å²) in [7, 11) is 0. The quantitative estimate of drug-likeness (QED) is 0.800. The molecule has 0 aromatic carbocycles. The second-order valence-corrected chi connectivity index (χ2v) is 5.66. The molecule has 2 N–H and O–H groups in total. The summed E-state index contributed by atoms with van der Waals surface area (Å²) >= 11 is 0. The standard InChI is InChI=1S/C17H21NO2/c1-5-9(3)16(19)15-13(18)8-11(6-2)17(20)12-7-10(4)14(12)15/h6,8-9,12,14H,2,4-5,7,18H2,1,3H3/t9-,12?,14?/m0/s1. The van der Waals surface area contributed by atoms with Crippen LogP contribution in [-0.4, -0.2) is 11.6 Å². The van der Waals surface area contributed by atoms with Crippen molar-refractivity contribution in [3.63, 3.8) is 0 Å². The Bertz CT molecular complexity index is 566. The minimum atomic E-state index is -0.210. The molecular weight excluding hydrogens is 250 g/mol. The van der Waals surface area contributed by atoms with E-state index in [2.05, 4.69) is 13.2 Å². The molecule has 3 heteroatoms. The lowest BCUT2D eigenvalue weighted by molar-refractivity contribution is -0.122. The summed E-state index contributed by atoms with van der Waals surface area (Å²) in [5, 5.41) is 0. The molecule has 3 atom stereocenters. The second-order valence-electron chi connectivity index (χ2n) is 5.66. The Kier molecular flexibility index (Phi) is 3.80. The molecule has 20 heavy (non-hydrogen) atoms. The molecule has 2 rings (SSSR count). The van der Waals surface area contributed by atoms with Gasteiger partial charge in [0.1, 0.15) is 0 Å². The van der Waals surface area contributed by atoms with Gasteiger partial charge in [0, 0.05) is 34.6 Å². The van der Waals surface area contributed by atoms with Crippen LogP contribution in [-0.2, 0) is 9.59 Å². The molecular formula is C17H21NO2. The Morgan fingerprint density at radius 3 is 2.75 bits per heavy atom. The third-order valence-corrected chi connectivity index (χ3v) is 4.42. The molecule has 0 spiro atoms. The second kappa shape index (κ2) is 5.23. The van der Waals surface area contributed by atoms with Crippen molar-refractivity contribution in [2.45, 2.75) is 26.7 Å². The number of hydrogen-bond donors (Lipinski definition) is 1. The van der Waals surface area contributed by atoms with Gasteiger partial charge in [0.25, 0.3) is 0 Å². The highest BCUT2D eigenvalue weighted by Crippen LogP contribution is 2.48. The zero-order valence-corrected chi connectivity index (χ0v) is 12.1. The van der Waals surface area contributed by atoms with E-state index < -0.39 is 0 Å². The van der Waals surface area contributed by atoms with Crippen molar-refractivity contribution in [1.82, 2.24) is 0 Å². The van der Waals surface area contributed by atoms with E-state index in [0.717, 1.165) is 12.0 Å². The van der Waals surface area contributed by atoms with Gasteiger partial charge < -0.3 is 5.73 Å². The summed E-state index contributed by atoms with van der Waals surface area (Å²) in [6.07, 6.45) is 4.51. The lowest BCUT2D eigenvalue weighted by atomic mass is 9.62. The Morgan fingerprint density at radius 2 is 2.25 bits per heavy atom. The van der Waals surface area contributed by atoms with Crippen LogP contribution >= 0.6 is 0 Å². The maximum Gasteiger partial charge on any atom is 0.167 e. The third kappa shape index (κ3) is 2.07. The summed E-state index contributed by atoms with van der Waals surface area (Å²) in [5.41, 5.74) is 8.49. The summed E-state index contributed by atoms with van der Waals surface area (Å²) in [5.74, 6) is -0.442.